The van der Waals surface area contributed by atoms with Gasteiger partial charge in [-0.2, -0.15) is 5.26 Å². The number of hydrogen-bond donors (Lipinski definition) is 2. The van der Waals surface area contributed by atoms with Crippen LogP contribution in [0.2, 0.25) is 0 Å². The highest BCUT2D eigenvalue weighted by Crippen LogP contribution is 2.47. The molecule has 0 fully saturated rings. The summed E-state index contributed by atoms with van der Waals surface area (Å²) in [6.07, 6.45) is 0. The van der Waals surface area contributed by atoms with Crippen LogP contribution in [0.4, 0.5) is 0 Å². The number of aromatic amines is 1. The number of ether oxygens (including phenoxy) is 2. The molecular weight excluding hydrogens is 340 g/mol. The van der Waals surface area contributed by atoms with Crippen LogP contribution in [0.25, 0.3) is 11.3 Å². The normalized spacial score (nSPS) is 15.7. The highest BCUT2D eigenvalue weighted by atomic mass is 16.5. The first-order valence-corrected chi connectivity index (χ1v) is 8.49. The summed E-state index contributed by atoms with van der Waals surface area (Å²) in [4.78, 5) is 0. The zero-order valence-electron chi connectivity index (χ0n) is 15.0. The average molecular weight is 358 g/mol. The van der Waals surface area contributed by atoms with Gasteiger partial charge in [-0.1, -0.05) is 48.0 Å². The van der Waals surface area contributed by atoms with E-state index in [4.69, 9.17) is 15.2 Å². The molecule has 1 aromatic heterocycles. The smallest absolute Gasteiger partial charge is 0.244 e. The van der Waals surface area contributed by atoms with Gasteiger partial charge in [0.1, 0.15) is 17.4 Å². The molecule has 0 spiro atoms. The molecule has 1 atom stereocenters. The lowest BCUT2D eigenvalue weighted by Crippen LogP contribution is -2.21. The number of allylic oxidation sites excluding steroid dienone is 1. The number of benzene rings is 2. The van der Waals surface area contributed by atoms with Crippen LogP contribution in [0, 0.1) is 18.3 Å². The molecule has 2 heterocycles. The molecule has 3 N–H and O–H groups in total. The van der Waals surface area contributed by atoms with E-state index >= 15 is 0 Å². The third kappa shape index (κ3) is 2.70. The number of nitrogens with two attached hydrogens (primary N) is 1. The quantitative estimate of drug-likeness (QED) is 0.745. The molecule has 0 radical (unpaired) electrons. The van der Waals surface area contributed by atoms with Crippen molar-refractivity contribution < 1.29 is 9.47 Å². The number of fused-ring (bicyclic) bond motifs is 1. The molecule has 1 aliphatic heterocycles. The fraction of sp³-hybridized carbons (Fsp3) is 0.143. The molecule has 0 aliphatic carbocycles. The number of methoxy groups -OCH3 is 1. The van der Waals surface area contributed by atoms with Gasteiger partial charge < -0.3 is 15.2 Å². The van der Waals surface area contributed by atoms with E-state index in [0.29, 0.717) is 17.2 Å². The Hall–Kier alpha value is -3.72. The third-order valence-corrected chi connectivity index (χ3v) is 4.73. The topological polar surface area (TPSA) is 96.9 Å². The number of nitrogens with zero attached hydrogens (tertiary/aromatic N) is 2. The van der Waals surface area contributed by atoms with E-state index in [9.17, 15) is 5.26 Å². The highest BCUT2D eigenvalue weighted by Gasteiger charge is 2.36. The number of para-hydroxylation sites is 1. The Balaban J connectivity index is 1.97. The largest absolute Gasteiger partial charge is 0.496 e. The molecule has 27 heavy (non-hydrogen) atoms. The van der Waals surface area contributed by atoms with E-state index in [1.807, 2.05) is 55.5 Å². The first-order chi connectivity index (χ1) is 13.1. The van der Waals surface area contributed by atoms with Gasteiger partial charge in [0.2, 0.25) is 11.8 Å². The van der Waals surface area contributed by atoms with Crippen molar-refractivity contribution in [3.8, 4) is 29.0 Å². The standard InChI is InChI=1S/C21H18N4O2/c1-12-7-9-13(10-8-12)19-18-17(14-5-3-4-6-16(14)26-2)15(11-22)20(23)27-21(18)25-24-19/h3-10,17H,23H2,1-2H3,(H,24,25)/t17-/m1/s1. The van der Waals surface area contributed by atoms with E-state index < -0.39 is 5.92 Å². The van der Waals surface area contributed by atoms with Crippen molar-refractivity contribution in [1.29, 1.82) is 5.26 Å². The highest BCUT2D eigenvalue weighted by molar-refractivity contribution is 5.71. The lowest BCUT2D eigenvalue weighted by molar-refractivity contribution is 0.375. The summed E-state index contributed by atoms with van der Waals surface area (Å²) in [7, 11) is 1.61. The number of H-pyrrole nitrogens is 1. The molecule has 134 valence electrons. The molecular formula is C21H18N4O2. The van der Waals surface area contributed by atoms with Crippen LogP contribution in [0.15, 0.2) is 60.0 Å². The number of hydrogen-bond acceptors (Lipinski definition) is 5. The first-order valence-electron chi connectivity index (χ1n) is 8.49. The second kappa shape index (κ2) is 6.54. The van der Waals surface area contributed by atoms with Gasteiger partial charge in [-0.05, 0) is 13.0 Å². The Labute approximate surface area is 156 Å². The molecule has 0 bridgehead atoms. The van der Waals surface area contributed by atoms with Gasteiger partial charge in [0, 0.05) is 11.1 Å². The van der Waals surface area contributed by atoms with Gasteiger partial charge in [0.15, 0.2) is 0 Å². The van der Waals surface area contributed by atoms with Crippen molar-refractivity contribution in [2.75, 3.05) is 7.11 Å². The second-order valence-electron chi connectivity index (χ2n) is 6.35. The third-order valence-electron chi connectivity index (χ3n) is 4.73. The van der Waals surface area contributed by atoms with Crippen molar-refractivity contribution in [2.24, 2.45) is 5.73 Å². The lowest BCUT2D eigenvalue weighted by Gasteiger charge is -2.25. The summed E-state index contributed by atoms with van der Waals surface area (Å²) in [5, 5.41) is 17.1. The molecule has 6 heteroatoms. The van der Waals surface area contributed by atoms with Gasteiger partial charge in [-0.25, -0.2) is 0 Å². The van der Waals surface area contributed by atoms with Crippen LogP contribution in [-0.2, 0) is 0 Å². The van der Waals surface area contributed by atoms with Crippen molar-refractivity contribution in [3.63, 3.8) is 0 Å². The zero-order chi connectivity index (χ0) is 19.0. The summed E-state index contributed by atoms with van der Waals surface area (Å²) >= 11 is 0. The van der Waals surface area contributed by atoms with Gasteiger partial charge in [0.05, 0.1) is 24.3 Å². The van der Waals surface area contributed by atoms with Crippen LogP contribution >= 0.6 is 0 Å². The van der Waals surface area contributed by atoms with Crippen LogP contribution in [0.5, 0.6) is 11.6 Å². The monoisotopic (exact) mass is 358 g/mol. The van der Waals surface area contributed by atoms with Crippen LogP contribution in [0.1, 0.15) is 22.6 Å². The van der Waals surface area contributed by atoms with E-state index in [2.05, 4.69) is 16.3 Å². The minimum Gasteiger partial charge on any atom is -0.496 e. The van der Waals surface area contributed by atoms with Crippen LogP contribution in [0.3, 0.4) is 0 Å². The predicted octanol–water partition coefficient (Wildman–Crippen LogP) is 3.61. The fourth-order valence-electron chi connectivity index (χ4n) is 3.40. The summed E-state index contributed by atoms with van der Waals surface area (Å²) in [6, 6.07) is 17.9. The first kappa shape index (κ1) is 16.7. The Morgan fingerprint density at radius 3 is 2.63 bits per heavy atom. The van der Waals surface area contributed by atoms with Gasteiger partial charge in [-0.3, -0.25) is 5.10 Å². The minimum absolute atomic E-state index is 0.0582. The van der Waals surface area contributed by atoms with Crippen molar-refractivity contribution in [2.45, 2.75) is 12.8 Å². The number of aryl methyl sites for hydroxylation is 1. The van der Waals surface area contributed by atoms with Crippen molar-refractivity contribution in [3.05, 3.63) is 76.7 Å². The van der Waals surface area contributed by atoms with Gasteiger partial charge in [-0.15, -0.1) is 5.10 Å². The maximum Gasteiger partial charge on any atom is 0.244 e. The Morgan fingerprint density at radius 1 is 1.19 bits per heavy atom. The van der Waals surface area contributed by atoms with E-state index in [0.717, 1.165) is 27.9 Å². The fourth-order valence-corrected chi connectivity index (χ4v) is 3.40. The number of nitriles is 1. The predicted molar refractivity (Wildman–Crippen MR) is 101 cm³/mol. The molecule has 2 aromatic carbocycles. The van der Waals surface area contributed by atoms with E-state index in [1.165, 1.54) is 0 Å². The average Bonchev–Trinajstić information content (AvgIpc) is 3.10. The number of rotatable bonds is 3. The van der Waals surface area contributed by atoms with Crippen molar-refractivity contribution >= 4 is 0 Å². The Bertz CT molecular complexity index is 1070. The van der Waals surface area contributed by atoms with Crippen molar-refractivity contribution in [1.82, 2.24) is 10.2 Å². The number of nitrogens with one attached hydrogen (secondary N) is 1. The summed E-state index contributed by atoms with van der Waals surface area (Å²) < 4.78 is 11.2. The lowest BCUT2D eigenvalue weighted by atomic mass is 9.82. The number of aromatic nitrogens is 2. The van der Waals surface area contributed by atoms with Gasteiger partial charge in [0.25, 0.3) is 0 Å². The molecule has 6 nitrogen and oxygen atoms in total. The molecule has 4 rings (SSSR count). The molecule has 1 aliphatic rings. The molecule has 3 aromatic rings. The molecule has 0 saturated carbocycles. The SMILES string of the molecule is COc1ccccc1[C@@H]1C(C#N)=C(N)Oc2n[nH]c(-c3ccc(C)cc3)c21. The van der Waals surface area contributed by atoms with Gasteiger partial charge >= 0.3 is 0 Å². The molecule has 0 amide bonds. The van der Waals surface area contributed by atoms with E-state index in [1.54, 1.807) is 7.11 Å². The van der Waals surface area contributed by atoms with Crippen LogP contribution < -0.4 is 15.2 Å². The Kier molecular flexibility index (Phi) is 4.05. The summed E-state index contributed by atoms with van der Waals surface area (Å²) in [6.45, 7) is 2.03. The Morgan fingerprint density at radius 2 is 1.93 bits per heavy atom. The summed E-state index contributed by atoms with van der Waals surface area (Å²) in [5.41, 5.74) is 10.9. The maximum atomic E-state index is 9.78. The van der Waals surface area contributed by atoms with Crippen LogP contribution in [-0.4, -0.2) is 17.3 Å². The van der Waals surface area contributed by atoms with E-state index in [-0.39, 0.29) is 5.88 Å². The summed E-state index contributed by atoms with van der Waals surface area (Å²) in [5.74, 6) is 0.665. The molecule has 0 saturated heterocycles. The minimum atomic E-state index is -0.440. The molecule has 0 unspecified atom stereocenters. The maximum absolute atomic E-state index is 9.78. The zero-order valence-corrected chi connectivity index (χ0v) is 15.0. The second-order valence-corrected chi connectivity index (χ2v) is 6.35.